The molecule has 2 aromatic carbocycles. The fourth-order valence-corrected chi connectivity index (χ4v) is 3.05. The van der Waals surface area contributed by atoms with Gasteiger partial charge in [0, 0.05) is 36.8 Å². The van der Waals surface area contributed by atoms with Crippen molar-refractivity contribution in [3.8, 4) is 11.5 Å². The Morgan fingerprint density at radius 2 is 1.97 bits per heavy atom. The maximum Gasteiger partial charge on any atom is 0.162 e. The topological polar surface area (TPSA) is 71.5 Å². The molecular weight excluding hydrogens is 409 g/mol. The Kier molecular flexibility index (Phi) is 7.62. The van der Waals surface area contributed by atoms with Crippen LogP contribution in [0.2, 0.25) is 5.02 Å². The van der Waals surface area contributed by atoms with Crippen LogP contribution in [0.4, 0.5) is 15.9 Å². The van der Waals surface area contributed by atoms with E-state index in [1.54, 1.807) is 19.2 Å². The maximum absolute atomic E-state index is 13.4. The van der Waals surface area contributed by atoms with Gasteiger partial charge in [-0.3, -0.25) is 0 Å². The molecule has 0 aliphatic rings. The molecule has 0 saturated carbocycles. The summed E-state index contributed by atoms with van der Waals surface area (Å²) in [5.41, 5.74) is 1.31. The number of fused-ring (bicyclic) bond motifs is 1. The van der Waals surface area contributed by atoms with Crippen molar-refractivity contribution < 1.29 is 13.9 Å². The molecule has 7 nitrogen and oxygen atoms in total. The third-order valence-electron chi connectivity index (χ3n) is 4.58. The first-order valence-electron chi connectivity index (χ1n) is 9.52. The molecule has 1 heterocycles. The Morgan fingerprint density at radius 3 is 2.70 bits per heavy atom. The Hall–Kier alpha value is -2.68. The second kappa shape index (κ2) is 10.4. The van der Waals surface area contributed by atoms with Gasteiger partial charge < -0.3 is 25.0 Å². The zero-order valence-electron chi connectivity index (χ0n) is 17.2. The smallest absolute Gasteiger partial charge is 0.162 e. The zero-order chi connectivity index (χ0) is 21.5. The first-order chi connectivity index (χ1) is 14.5. The van der Waals surface area contributed by atoms with Crippen molar-refractivity contribution in [2.24, 2.45) is 0 Å². The zero-order valence-corrected chi connectivity index (χ0v) is 18.0. The van der Waals surface area contributed by atoms with Gasteiger partial charge in [0.2, 0.25) is 0 Å². The van der Waals surface area contributed by atoms with E-state index in [4.69, 9.17) is 21.1 Å². The summed E-state index contributed by atoms with van der Waals surface area (Å²) in [4.78, 5) is 10.8. The number of nitrogens with zero attached hydrogens (tertiary/aromatic N) is 3. The SMILES string of the molecule is CNCCN(C)CCOc1cc2c(Nc3ccc(F)c(Cl)c3)ncnc2cc1OC. The van der Waals surface area contributed by atoms with Gasteiger partial charge in [-0.2, -0.15) is 0 Å². The minimum absolute atomic E-state index is 0.0337. The molecular formula is C21H25ClFN5O2. The van der Waals surface area contributed by atoms with Gasteiger partial charge in [-0.05, 0) is 38.4 Å². The van der Waals surface area contributed by atoms with Gasteiger partial charge in [0.15, 0.2) is 11.5 Å². The van der Waals surface area contributed by atoms with E-state index >= 15 is 0 Å². The van der Waals surface area contributed by atoms with Crippen LogP contribution >= 0.6 is 11.6 Å². The van der Waals surface area contributed by atoms with Crippen LogP contribution in [0.5, 0.6) is 11.5 Å². The summed E-state index contributed by atoms with van der Waals surface area (Å²) < 4.78 is 24.9. The number of hydrogen-bond donors (Lipinski definition) is 2. The normalized spacial score (nSPS) is 11.1. The summed E-state index contributed by atoms with van der Waals surface area (Å²) in [6.07, 6.45) is 1.45. The molecule has 0 aliphatic carbocycles. The molecule has 0 fully saturated rings. The lowest BCUT2D eigenvalue weighted by molar-refractivity contribution is 0.231. The summed E-state index contributed by atoms with van der Waals surface area (Å²) in [6, 6.07) is 8.05. The van der Waals surface area contributed by atoms with Crippen LogP contribution in [0, 0.1) is 5.82 Å². The highest BCUT2D eigenvalue weighted by Crippen LogP contribution is 2.35. The Morgan fingerprint density at radius 1 is 1.13 bits per heavy atom. The highest BCUT2D eigenvalue weighted by atomic mass is 35.5. The summed E-state index contributed by atoms with van der Waals surface area (Å²) >= 11 is 5.89. The number of hydrogen-bond acceptors (Lipinski definition) is 7. The number of anilines is 2. The molecule has 0 aliphatic heterocycles. The summed E-state index contributed by atoms with van der Waals surface area (Å²) in [5, 5.41) is 7.07. The monoisotopic (exact) mass is 433 g/mol. The lowest BCUT2D eigenvalue weighted by Gasteiger charge is -2.18. The van der Waals surface area contributed by atoms with Crippen LogP contribution in [0.25, 0.3) is 10.9 Å². The first kappa shape index (κ1) is 22.0. The van der Waals surface area contributed by atoms with E-state index in [0.29, 0.717) is 35.1 Å². The third kappa shape index (κ3) is 5.47. The molecule has 3 rings (SSSR count). The molecule has 1 aromatic heterocycles. The maximum atomic E-state index is 13.4. The number of methoxy groups -OCH3 is 1. The van der Waals surface area contributed by atoms with Crippen molar-refractivity contribution in [2.45, 2.75) is 0 Å². The first-order valence-corrected chi connectivity index (χ1v) is 9.90. The van der Waals surface area contributed by atoms with Crippen molar-refractivity contribution >= 4 is 34.0 Å². The number of likely N-dealkylation sites (N-methyl/N-ethyl adjacent to an activating group) is 2. The van der Waals surface area contributed by atoms with E-state index in [1.807, 2.05) is 20.2 Å². The highest BCUT2D eigenvalue weighted by molar-refractivity contribution is 6.31. The second-order valence-electron chi connectivity index (χ2n) is 6.75. The van der Waals surface area contributed by atoms with E-state index < -0.39 is 5.82 Å². The van der Waals surface area contributed by atoms with Crippen LogP contribution < -0.4 is 20.1 Å². The molecule has 0 amide bonds. The average molecular weight is 434 g/mol. The van der Waals surface area contributed by atoms with Crippen molar-refractivity contribution in [3.63, 3.8) is 0 Å². The van der Waals surface area contributed by atoms with Crippen LogP contribution in [-0.2, 0) is 0 Å². The van der Waals surface area contributed by atoms with Crippen molar-refractivity contribution in [1.82, 2.24) is 20.2 Å². The summed E-state index contributed by atoms with van der Waals surface area (Å²) in [6.45, 7) is 3.12. The molecule has 0 spiro atoms. The van der Waals surface area contributed by atoms with Gasteiger partial charge in [-0.25, -0.2) is 14.4 Å². The van der Waals surface area contributed by atoms with Gasteiger partial charge >= 0.3 is 0 Å². The molecule has 3 aromatic rings. The number of ether oxygens (including phenoxy) is 2. The number of halogens is 2. The molecule has 0 atom stereocenters. The van der Waals surface area contributed by atoms with Crippen LogP contribution in [0.15, 0.2) is 36.7 Å². The molecule has 9 heteroatoms. The predicted molar refractivity (Wildman–Crippen MR) is 118 cm³/mol. The molecule has 0 unspecified atom stereocenters. The lowest BCUT2D eigenvalue weighted by Crippen LogP contribution is -2.30. The number of benzene rings is 2. The van der Waals surface area contributed by atoms with Gasteiger partial charge in [-0.15, -0.1) is 0 Å². The van der Waals surface area contributed by atoms with E-state index in [2.05, 4.69) is 25.5 Å². The van der Waals surface area contributed by atoms with Crippen molar-refractivity contribution in [3.05, 3.63) is 47.5 Å². The molecule has 160 valence electrons. The third-order valence-corrected chi connectivity index (χ3v) is 4.87. The minimum atomic E-state index is -0.477. The van der Waals surface area contributed by atoms with E-state index in [9.17, 15) is 4.39 Å². The molecule has 0 saturated heterocycles. The highest BCUT2D eigenvalue weighted by Gasteiger charge is 2.13. The standard InChI is InChI=1S/C21H25ClFN5O2/c1-24-6-7-28(2)8-9-30-20-11-15-18(12-19(20)29-3)25-13-26-21(15)27-14-4-5-17(23)16(22)10-14/h4-5,10-13,24H,6-9H2,1-3H3,(H,25,26,27). The number of rotatable bonds is 10. The Balaban J connectivity index is 1.83. The largest absolute Gasteiger partial charge is 0.493 e. The molecule has 2 N–H and O–H groups in total. The quantitative estimate of drug-likeness (QED) is 0.505. The fraction of sp³-hybridized carbons (Fsp3) is 0.333. The molecule has 0 bridgehead atoms. The lowest BCUT2D eigenvalue weighted by atomic mass is 10.2. The molecule has 0 radical (unpaired) electrons. The molecule has 30 heavy (non-hydrogen) atoms. The van der Waals surface area contributed by atoms with Gasteiger partial charge in [0.25, 0.3) is 0 Å². The predicted octanol–water partition coefficient (Wildman–Crippen LogP) is 3.70. The van der Waals surface area contributed by atoms with Gasteiger partial charge in [0.05, 0.1) is 17.6 Å². The minimum Gasteiger partial charge on any atom is -0.493 e. The van der Waals surface area contributed by atoms with Crippen molar-refractivity contribution in [2.75, 3.05) is 52.8 Å². The number of aromatic nitrogens is 2. The Labute approximate surface area is 180 Å². The van der Waals surface area contributed by atoms with E-state index in [0.717, 1.165) is 25.0 Å². The fourth-order valence-electron chi connectivity index (χ4n) is 2.87. The number of nitrogens with one attached hydrogen (secondary N) is 2. The summed E-state index contributed by atoms with van der Waals surface area (Å²) in [5.74, 6) is 1.27. The van der Waals surface area contributed by atoms with Crippen LogP contribution in [-0.4, -0.2) is 62.3 Å². The van der Waals surface area contributed by atoms with E-state index in [-0.39, 0.29) is 5.02 Å². The summed E-state index contributed by atoms with van der Waals surface area (Å²) in [7, 11) is 5.56. The van der Waals surface area contributed by atoms with Crippen molar-refractivity contribution in [1.29, 1.82) is 0 Å². The van der Waals surface area contributed by atoms with Crippen LogP contribution in [0.3, 0.4) is 0 Å². The van der Waals surface area contributed by atoms with Gasteiger partial charge in [0.1, 0.15) is 24.6 Å². The second-order valence-corrected chi connectivity index (χ2v) is 7.16. The Bertz CT molecular complexity index is 1000. The average Bonchev–Trinajstić information content (AvgIpc) is 2.74. The van der Waals surface area contributed by atoms with Crippen LogP contribution in [0.1, 0.15) is 0 Å². The van der Waals surface area contributed by atoms with Gasteiger partial charge in [-0.1, -0.05) is 11.6 Å². The van der Waals surface area contributed by atoms with E-state index in [1.165, 1.54) is 18.5 Å².